The van der Waals surface area contributed by atoms with Gasteiger partial charge in [0.05, 0.1) is 13.2 Å². The molecule has 5 heteroatoms. The summed E-state index contributed by atoms with van der Waals surface area (Å²) in [5, 5.41) is 18.7. The van der Waals surface area contributed by atoms with E-state index < -0.39 is 0 Å². The quantitative estimate of drug-likeness (QED) is 0.574. The topological polar surface area (TPSA) is 71.2 Å². The number of hydrogen-bond donors (Lipinski definition) is 2. The maximum absolute atomic E-state index is 8.42. The van der Waals surface area contributed by atoms with Gasteiger partial charge in [-0.25, -0.2) is 0 Å². The Labute approximate surface area is 64.4 Å². The van der Waals surface area contributed by atoms with Gasteiger partial charge < -0.3 is 14.8 Å². The fourth-order valence-electron chi connectivity index (χ4n) is 0.683. The fraction of sp³-hybridized carbons (Fsp3) is 0.667. The van der Waals surface area contributed by atoms with Crippen LogP contribution in [0.3, 0.4) is 0 Å². The lowest BCUT2D eigenvalue weighted by Crippen LogP contribution is -2.17. The van der Waals surface area contributed by atoms with Crippen molar-refractivity contribution in [2.75, 3.05) is 13.2 Å². The van der Waals surface area contributed by atoms with Gasteiger partial charge in [-0.15, -0.1) is 10.2 Å². The van der Waals surface area contributed by atoms with Gasteiger partial charge in [-0.2, -0.15) is 0 Å². The van der Waals surface area contributed by atoms with E-state index in [0.717, 1.165) is 0 Å². The Morgan fingerprint density at radius 3 is 2.91 bits per heavy atom. The van der Waals surface area contributed by atoms with Gasteiger partial charge >= 0.3 is 0 Å². The maximum atomic E-state index is 8.42. The summed E-state index contributed by atoms with van der Waals surface area (Å²) in [6.07, 6.45) is 0. The Hall–Kier alpha value is -0.940. The largest absolute Gasteiger partial charge is 0.424 e. The Balaban J connectivity index is 2.27. The van der Waals surface area contributed by atoms with Crippen LogP contribution in [0.5, 0.6) is 0 Å². The van der Waals surface area contributed by atoms with Gasteiger partial charge in [0.1, 0.15) is 0 Å². The summed E-state index contributed by atoms with van der Waals surface area (Å²) in [6, 6.07) is 0. The SMILES string of the molecule is Cc1nnc(CNCCO)o1. The molecule has 0 saturated carbocycles. The van der Waals surface area contributed by atoms with E-state index in [9.17, 15) is 0 Å². The summed E-state index contributed by atoms with van der Waals surface area (Å²) < 4.78 is 5.06. The average molecular weight is 157 g/mol. The van der Waals surface area contributed by atoms with E-state index >= 15 is 0 Å². The fourth-order valence-corrected chi connectivity index (χ4v) is 0.683. The molecule has 0 unspecified atom stereocenters. The van der Waals surface area contributed by atoms with Gasteiger partial charge in [0.15, 0.2) is 0 Å². The Morgan fingerprint density at radius 2 is 2.36 bits per heavy atom. The van der Waals surface area contributed by atoms with Gasteiger partial charge in [0.25, 0.3) is 0 Å². The second-order valence-electron chi connectivity index (χ2n) is 2.12. The van der Waals surface area contributed by atoms with E-state index in [2.05, 4.69) is 15.5 Å². The molecule has 1 aromatic rings. The molecule has 0 aliphatic carbocycles. The van der Waals surface area contributed by atoms with Crippen molar-refractivity contribution in [3.63, 3.8) is 0 Å². The zero-order chi connectivity index (χ0) is 8.10. The van der Waals surface area contributed by atoms with Gasteiger partial charge in [0, 0.05) is 13.5 Å². The first kappa shape index (κ1) is 8.16. The molecule has 0 aliphatic heterocycles. The molecule has 0 radical (unpaired) electrons. The summed E-state index contributed by atoms with van der Waals surface area (Å²) in [7, 11) is 0. The van der Waals surface area contributed by atoms with Crippen LogP contribution in [0.25, 0.3) is 0 Å². The van der Waals surface area contributed by atoms with E-state index in [1.54, 1.807) is 6.92 Å². The van der Waals surface area contributed by atoms with Crippen LogP contribution in [0.2, 0.25) is 0 Å². The zero-order valence-corrected chi connectivity index (χ0v) is 6.37. The summed E-state index contributed by atoms with van der Waals surface area (Å²) in [5.41, 5.74) is 0. The third kappa shape index (κ3) is 2.65. The minimum atomic E-state index is 0.118. The van der Waals surface area contributed by atoms with E-state index in [4.69, 9.17) is 9.52 Å². The summed E-state index contributed by atoms with van der Waals surface area (Å²) >= 11 is 0. The molecule has 2 N–H and O–H groups in total. The van der Waals surface area contributed by atoms with Crippen molar-refractivity contribution >= 4 is 0 Å². The summed E-state index contributed by atoms with van der Waals surface area (Å²) in [5.74, 6) is 1.11. The van der Waals surface area contributed by atoms with Gasteiger partial charge in [-0.3, -0.25) is 0 Å². The van der Waals surface area contributed by atoms with Crippen LogP contribution >= 0.6 is 0 Å². The summed E-state index contributed by atoms with van der Waals surface area (Å²) in [6.45, 7) is 2.92. The van der Waals surface area contributed by atoms with E-state index in [1.165, 1.54) is 0 Å². The van der Waals surface area contributed by atoms with Crippen molar-refractivity contribution in [3.05, 3.63) is 11.8 Å². The third-order valence-corrected chi connectivity index (χ3v) is 1.13. The number of aliphatic hydroxyl groups excluding tert-OH is 1. The van der Waals surface area contributed by atoms with Crippen molar-refractivity contribution in [2.45, 2.75) is 13.5 Å². The lowest BCUT2D eigenvalue weighted by molar-refractivity contribution is 0.289. The molecule has 1 rings (SSSR count). The lowest BCUT2D eigenvalue weighted by atomic mass is 10.6. The standard InChI is InChI=1S/C6H11N3O2/c1-5-8-9-6(11-5)4-7-2-3-10/h7,10H,2-4H2,1H3. The van der Waals surface area contributed by atoms with Crippen molar-refractivity contribution in [2.24, 2.45) is 0 Å². The number of aromatic nitrogens is 2. The monoisotopic (exact) mass is 157 g/mol. The van der Waals surface area contributed by atoms with Crippen molar-refractivity contribution in [1.29, 1.82) is 0 Å². The molecule has 62 valence electrons. The van der Waals surface area contributed by atoms with E-state index in [0.29, 0.717) is 24.9 Å². The number of rotatable bonds is 4. The number of aliphatic hydroxyl groups is 1. The predicted octanol–water partition coefficient (Wildman–Crippen LogP) is -0.540. The van der Waals surface area contributed by atoms with Crippen LogP contribution in [-0.4, -0.2) is 28.5 Å². The normalized spacial score (nSPS) is 10.4. The highest BCUT2D eigenvalue weighted by Gasteiger charge is 1.99. The van der Waals surface area contributed by atoms with Crippen LogP contribution in [0.15, 0.2) is 4.42 Å². The van der Waals surface area contributed by atoms with E-state index in [1.807, 2.05) is 0 Å². The second-order valence-corrected chi connectivity index (χ2v) is 2.12. The van der Waals surface area contributed by atoms with Gasteiger partial charge in [0.2, 0.25) is 11.8 Å². The molecule has 11 heavy (non-hydrogen) atoms. The highest BCUT2D eigenvalue weighted by molar-refractivity contribution is 4.77. The second kappa shape index (κ2) is 4.05. The molecule has 1 heterocycles. The minimum Gasteiger partial charge on any atom is -0.424 e. The van der Waals surface area contributed by atoms with Crippen LogP contribution < -0.4 is 5.32 Å². The van der Waals surface area contributed by atoms with Gasteiger partial charge in [-0.1, -0.05) is 0 Å². The minimum absolute atomic E-state index is 0.118. The molecule has 0 aromatic carbocycles. The Kier molecular flexibility index (Phi) is 3.00. The lowest BCUT2D eigenvalue weighted by Gasteiger charge is -1.95. The van der Waals surface area contributed by atoms with E-state index in [-0.39, 0.29) is 6.61 Å². The van der Waals surface area contributed by atoms with Crippen LogP contribution in [0.1, 0.15) is 11.8 Å². The average Bonchev–Trinajstić information content (AvgIpc) is 2.37. The molecule has 1 aromatic heterocycles. The molecule has 0 spiro atoms. The highest BCUT2D eigenvalue weighted by atomic mass is 16.4. The molecule has 0 atom stereocenters. The molecular weight excluding hydrogens is 146 g/mol. The number of hydrogen-bond acceptors (Lipinski definition) is 5. The molecule has 0 amide bonds. The van der Waals surface area contributed by atoms with Gasteiger partial charge in [-0.05, 0) is 0 Å². The Morgan fingerprint density at radius 1 is 1.55 bits per heavy atom. The number of aryl methyl sites for hydroxylation is 1. The first-order valence-corrected chi connectivity index (χ1v) is 3.43. The van der Waals surface area contributed by atoms with Crippen molar-refractivity contribution < 1.29 is 9.52 Å². The van der Waals surface area contributed by atoms with Crippen molar-refractivity contribution in [3.8, 4) is 0 Å². The molecule has 0 aliphatic rings. The molecule has 0 bridgehead atoms. The number of nitrogens with zero attached hydrogens (tertiary/aromatic N) is 2. The first-order valence-electron chi connectivity index (χ1n) is 3.43. The zero-order valence-electron chi connectivity index (χ0n) is 6.37. The van der Waals surface area contributed by atoms with Crippen LogP contribution in [-0.2, 0) is 6.54 Å². The predicted molar refractivity (Wildman–Crippen MR) is 37.8 cm³/mol. The maximum Gasteiger partial charge on any atom is 0.230 e. The number of nitrogens with one attached hydrogen (secondary N) is 1. The summed E-state index contributed by atoms with van der Waals surface area (Å²) in [4.78, 5) is 0. The third-order valence-electron chi connectivity index (χ3n) is 1.13. The molecule has 0 saturated heterocycles. The Bertz CT molecular complexity index is 211. The molecule has 0 fully saturated rings. The van der Waals surface area contributed by atoms with Crippen LogP contribution in [0.4, 0.5) is 0 Å². The van der Waals surface area contributed by atoms with Crippen molar-refractivity contribution in [1.82, 2.24) is 15.5 Å². The smallest absolute Gasteiger partial charge is 0.230 e. The first-order chi connectivity index (χ1) is 5.33. The highest BCUT2D eigenvalue weighted by Crippen LogP contribution is 1.95. The molecule has 5 nitrogen and oxygen atoms in total. The van der Waals surface area contributed by atoms with Crippen LogP contribution in [0, 0.1) is 6.92 Å². The molecular formula is C6H11N3O2.